The lowest BCUT2D eigenvalue weighted by Crippen LogP contribution is -2.32. The molecule has 0 spiro atoms. The predicted octanol–water partition coefficient (Wildman–Crippen LogP) is 4.27. The van der Waals surface area contributed by atoms with Crippen LogP contribution in [0.1, 0.15) is 12.0 Å². The molecule has 0 saturated carbocycles. The van der Waals surface area contributed by atoms with Gasteiger partial charge < -0.3 is 19.7 Å². The number of carbonyl (C=O) groups is 2. The van der Waals surface area contributed by atoms with E-state index < -0.39 is 0 Å². The molecule has 1 aliphatic rings. The molecule has 1 saturated heterocycles. The second kappa shape index (κ2) is 10.4. The number of hydrogen-bond acceptors (Lipinski definition) is 6. The Kier molecular flexibility index (Phi) is 7.14. The van der Waals surface area contributed by atoms with Crippen molar-refractivity contribution in [1.29, 1.82) is 0 Å². The average Bonchev–Trinajstić information content (AvgIpc) is 3.25. The van der Waals surface area contributed by atoms with E-state index in [0.717, 1.165) is 16.1 Å². The van der Waals surface area contributed by atoms with Crippen molar-refractivity contribution in [2.75, 3.05) is 24.8 Å². The van der Waals surface area contributed by atoms with E-state index in [1.165, 1.54) is 0 Å². The van der Waals surface area contributed by atoms with Gasteiger partial charge in [0.05, 0.1) is 13.0 Å². The van der Waals surface area contributed by atoms with Gasteiger partial charge in [-0.3, -0.25) is 9.59 Å². The van der Waals surface area contributed by atoms with E-state index in [2.05, 4.69) is 10.3 Å². The monoisotopic (exact) mass is 463 g/mol. The number of pyridine rings is 1. The number of nitrogens with zero attached hydrogens (tertiary/aromatic N) is 2. The second-order valence-corrected chi connectivity index (χ2v) is 8.49. The Labute approximate surface area is 197 Å². The fourth-order valence-electron chi connectivity index (χ4n) is 3.59. The zero-order valence-electron chi connectivity index (χ0n) is 18.5. The maximum absolute atomic E-state index is 12.7. The van der Waals surface area contributed by atoms with Crippen LogP contribution < -0.4 is 19.7 Å². The normalized spacial score (nSPS) is 15.4. The van der Waals surface area contributed by atoms with Gasteiger partial charge in [-0.25, -0.2) is 4.98 Å². The van der Waals surface area contributed by atoms with E-state index in [0.29, 0.717) is 30.5 Å². The fourth-order valence-corrected chi connectivity index (χ4v) is 4.00. The SMILES string of the molecule is COc1cccc(Oc2ccc(CNC(=O)C3CC(=O)N(c4ccc(SC)cc4)C3)cn2)c1. The summed E-state index contributed by atoms with van der Waals surface area (Å²) in [5.41, 5.74) is 1.67. The summed E-state index contributed by atoms with van der Waals surface area (Å²) in [6.45, 7) is 0.716. The lowest BCUT2D eigenvalue weighted by molar-refractivity contribution is -0.126. The number of nitrogens with one attached hydrogen (secondary N) is 1. The number of rotatable bonds is 8. The number of aromatic nitrogens is 1. The molecule has 3 aromatic rings. The van der Waals surface area contributed by atoms with Gasteiger partial charge in [-0.05, 0) is 48.2 Å². The highest BCUT2D eigenvalue weighted by atomic mass is 32.2. The first-order valence-corrected chi connectivity index (χ1v) is 11.8. The third-order valence-electron chi connectivity index (χ3n) is 5.41. The molecule has 2 amide bonds. The fraction of sp³-hybridized carbons (Fsp3) is 0.240. The Morgan fingerprint density at radius 1 is 1.15 bits per heavy atom. The summed E-state index contributed by atoms with van der Waals surface area (Å²) in [6, 6.07) is 18.7. The average molecular weight is 464 g/mol. The van der Waals surface area contributed by atoms with Crippen molar-refractivity contribution in [3.63, 3.8) is 0 Å². The summed E-state index contributed by atoms with van der Waals surface area (Å²) in [7, 11) is 1.60. The van der Waals surface area contributed by atoms with Crippen LogP contribution in [-0.2, 0) is 16.1 Å². The van der Waals surface area contributed by atoms with Crippen molar-refractivity contribution >= 4 is 29.3 Å². The van der Waals surface area contributed by atoms with Crippen LogP contribution in [-0.4, -0.2) is 36.7 Å². The Morgan fingerprint density at radius 2 is 1.94 bits per heavy atom. The van der Waals surface area contributed by atoms with Crippen LogP contribution in [0.15, 0.2) is 71.8 Å². The van der Waals surface area contributed by atoms with Crippen molar-refractivity contribution in [2.24, 2.45) is 5.92 Å². The van der Waals surface area contributed by atoms with Crippen LogP contribution in [0.2, 0.25) is 0 Å². The van der Waals surface area contributed by atoms with Crippen LogP contribution in [0.4, 0.5) is 5.69 Å². The van der Waals surface area contributed by atoms with Crippen LogP contribution in [0, 0.1) is 5.92 Å². The van der Waals surface area contributed by atoms with Crippen molar-refractivity contribution in [1.82, 2.24) is 10.3 Å². The lowest BCUT2D eigenvalue weighted by atomic mass is 10.1. The van der Waals surface area contributed by atoms with E-state index in [-0.39, 0.29) is 24.2 Å². The molecule has 1 aliphatic heterocycles. The van der Waals surface area contributed by atoms with E-state index in [1.807, 2.05) is 54.8 Å². The van der Waals surface area contributed by atoms with Crippen LogP contribution in [0.5, 0.6) is 17.4 Å². The highest BCUT2D eigenvalue weighted by Crippen LogP contribution is 2.27. The first-order chi connectivity index (χ1) is 16.1. The highest BCUT2D eigenvalue weighted by molar-refractivity contribution is 7.98. The van der Waals surface area contributed by atoms with Gasteiger partial charge in [0.25, 0.3) is 0 Å². The first-order valence-electron chi connectivity index (χ1n) is 10.5. The van der Waals surface area contributed by atoms with Crippen molar-refractivity contribution in [3.05, 3.63) is 72.4 Å². The number of anilines is 1. The minimum Gasteiger partial charge on any atom is -0.497 e. The van der Waals surface area contributed by atoms with Crippen LogP contribution >= 0.6 is 11.8 Å². The molecule has 1 atom stereocenters. The molecule has 170 valence electrons. The molecule has 2 heterocycles. The van der Waals surface area contributed by atoms with E-state index >= 15 is 0 Å². The van der Waals surface area contributed by atoms with Gasteiger partial charge in [-0.2, -0.15) is 0 Å². The van der Waals surface area contributed by atoms with Gasteiger partial charge in [0.2, 0.25) is 17.7 Å². The summed E-state index contributed by atoms with van der Waals surface area (Å²) < 4.78 is 10.9. The maximum atomic E-state index is 12.7. The van der Waals surface area contributed by atoms with Gasteiger partial charge in [-0.15, -0.1) is 11.8 Å². The second-order valence-electron chi connectivity index (χ2n) is 7.61. The lowest BCUT2D eigenvalue weighted by Gasteiger charge is -2.17. The molecular weight excluding hydrogens is 438 g/mol. The Balaban J connectivity index is 1.29. The number of thioether (sulfide) groups is 1. The highest BCUT2D eigenvalue weighted by Gasteiger charge is 2.34. The molecule has 1 fully saturated rings. The number of ether oxygens (including phenoxy) is 2. The molecule has 2 aromatic carbocycles. The summed E-state index contributed by atoms with van der Waals surface area (Å²) in [5.74, 6) is 1.23. The standard InChI is InChI=1S/C25H25N3O4S/c1-31-20-4-3-5-21(13-20)32-23-11-6-17(14-26-23)15-27-25(30)18-12-24(29)28(16-18)19-7-9-22(33-2)10-8-19/h3-11,13-14,18H,12,15-16H2,1-2H3,(H,27,30). The zero-order chi connectivity index (χ0) is 23.2. The minimum atomic E-state index is -0.374. The Hall–Kier alpha value is -3.52. The maximum Gasteiger partial charge on any atom is 0.227 e. The molecule has 0 radical (unpaired) electrons. The summed E-state index contributed by atoms with van der Waals surface area (Å²) in [6.07, 6.45) is 3.88. The number of benzene rings is 2. The third-order valence-corrected chi connectivity index (χ3v) is 6.15. The smallest absolute Gasteiger partial charge is 0.227 e. The van der Waals surface area contributed by atoms with Crippen LogP contribution in [0.25, 0.3) is 0 Å². The quantitative estimate of drug-likeness (QED) is 0.503. The van der Waals surface area contributed by atoms with Crippen molar-refractivity contribution in [3.8, 4) is 17.4 Å². The number of methoxy groups -OCH3 is 1. The molecule has 0 bridgehead atoms. The number of carbonyl (C=O) groups excluding carboxylic acids is 2. The largest absolute Gasteiger partial charge is 0.497 e. The molecule has 4 rings (SSSR count). The zero-order valence-corrected chi connectivity index (χ0v) is 19.3. The minimum absolute atomic E-state index is 0.0345. The first kappa shape index (κ1) is 22.7. The molecule has 33 heavy (non-hydrogen) atoms. The van der Waals surface area contributed by atoms with Gasteiger partial charge in [0, 0.05) is 48.4 Å². The van der Waals surface area contributed by atoms with Gasteiger partial charge in [-0.1, -0.05) is 12.1 Å². The summed E-state index contributed by atoms with van der Waals surface area (Å²) in [5, 5.41) is 2.92. The Morgan fingerprint density at radius 3 is 2.64 bits per heavy atom. The molecule has 8 heteroatoms. The van der Waals surface area contributed by atoms with Gasteiger partial charge >= 0.3 is 0 Å². The number of amides is 2. The van der Waals surface area contributed by atoms with Crippen molar-refractivity contribution in [2.45, 2.75) is 17.9 Å². The van der Waals surface area contributed by atoms with Crippen LogP contribution in [0.3, 0.4) is 0 Å². The van der Waals surface area contributed by atoms with E-state index in [4.69, 9.17) is 9.47 Å². The predicted molar refractivity (Wildman–Crippen MR) is 128 cm³/mol. The number of hydrogen-bond donors (Lipinski definition) is 1. The molecule has 0 aliphatic carbocycles. The van der Waals surface area contributed by atoms with E-state index in [1.54, 1.807) is 42.1 Å². The molecule has 7 nitrogen and oxygen atoms in total. The molecule has 1 aromatic heterocycles. The topological polar surface area (TPSA) is 80.8 Å². The molecule has 1 unspecified atom stereocenters. The summed E-state index contributed by atoms with van der Waals surface area (Å²) in [4.78, 5) is 32.2. The van der Waals surface area contributed by atoms with Crippen molar-refractivity contribution < 1.29 is 19.1 Å². The third kappa shape index (κ3) is 5.64. The van der Waals surface area contributed by atoms with Gasteiger partial charge in [0.1, 0.15) is 11.5 Å². The summed E-state index contributed by atoms with van der Waals surface area (Å²) >= 11 is 1.65. The van der Waals surface area contributed by atoms with E-state index in [9.17, 15) is 9.59 Å². The molecule has 1 N–H and O–H groups in total. The molecular formula is C25H25N3O4S. The Bertz CT molecular complexity index is 1120. The van der Waals surface area contributed by atoms with Gasteiger partial charge in [0.15, 0.2) is 0 Å².